The van der Waals surface area contributed by atoms with Gasteiger partial charge in [0.05, 0.1) is 0 Å². The Hall–Kier alpha value is -1.85. The lowest BCUT2D eigenvalue weighted by Crippen LogP contribution is -2.48. The summed E-state index contributed by atoms with van der Waals surface area (Å²) in [5, 5.41) is 0. The van der Waals surface area contributed by atoms with E-state index in [0.717, 1.165) is 63.9 Å². The molecule has 0 bridgehead atoms. The van der Waals surface area contributed by atoms with Crippen molar-refractivity contribution in [2.75, 3.05) is 49.1 Å². The molecule has 22 heavy (non-hydrogen) atoms. The van der Waals surface area contributed by atoms with Gasteiger partial charge in [-0.15, -0.1) is 0 Å². The average Bonchev–Trinajstić information content (AvgIpc) is 2.55. The Labute approximate surface area is 133 Å². The molecule has 0 N–H and O–H groups in total. The van der Waals surface area contributed by atoms with Crippen LogP contribution in [-0.4, -0.2) is 60.0 Å². The van der Waals surface area contributed by atoms with Gasteiger partial charge in [-0.25, -0.2) is 4.98 Å². The van der Waals surface area contributed by atoms with Gasteiger partial charge in [0, 0.05) is 52.4 Å². The highest BCUT2D eigenvalue weighted by Crippen LogP contribution is 2.17. The molecule has 0 saturated carbocycles. The van der Waals surface area contributed by atoms with E-state index in [4.69, 9.17) is 4.98 Å². The number of amides is 1. The first kappa shape index (κ1) is 16.5. The molecule has 6 heteroatoms. The summed E-state index contributed by atoms with van der Waals surface area (Å²) >= 11 is 0. The Morgan fingerprint density at radius 1 is 1.18 bits per heavy atom. The second kappa shape index (κ2) is 7.96. The Balaban J connectivity index is 2.06. The normalized spacial score (nSPS) is 15.0. The smallest absolute Gasteiger partial charge is 0.227 e. The minimum absolute atomic E-state index is 0.145. The molecular weight excluding hydrogens is 278 g/mol. The summed E-state index contributed by atoms with van der Waals surface area (Å²) in [7, 11) is 0. The van der Waals surface area contributed by atoms with Crippen molar-refractivity contribution in [3.8, 4) is 0 Å². The molecule has 122 valence electrons. The van der Waals surface area contributed by atoms with E-state index in [1.165, 1.54) is 0 Å². The van der Waals surface area contributed by atoms with Crippen LogP contribution in [-0.2, 0) is 4.79 Å². The van der Waals surface area contributed by atoms with Gasteiger partial charge in [-0.3, -0.25) is 4.79 Å². The summed E-state index contributed by atoms with van der Waals surface area (Å²) in [6.45, 7) is 11.1. The number of carbonyl (C=O) groups excluding carboxylic acids is 1. The fourth-order valence-corrected chi connectivity index (χ4v) is 2.77. The minimum Gasteiger partial charge on any atom is -0.356 e. The molecule has 2 heterocycles. The number of rotatable bonds is 6. The second-order valence-corrected chi connectivity index (χ2v) is 5.70. The average molecular weight is 305 g/mol. The molecule has 0 radical (unpaired) electrons. The quantitative estimate of drug-likeness (QED) is 0.802. The van der Waals surface area contributed by atoms with Crippen molar-refractivity contribution in [3.05, 3.63) is 12.3 Å². The molecule has 1 aromatic heterocycles. The first-order valence-corrected chi connectivity index (χ1v) is 8.24. The highest BCUT2D eigenvalue weighted by molar-refractivity contribution is 5.73. The van der Waals surface area contributed by atoms with Gasteiger partial charge in [-0.2, -0.15) is 4.98 Å². The first-order chi connectivity index (χ1) is 10.7. The maximum Gasteiger partial charge on any atom is 0.227 e. The van der Waals surface area contributed by atoms with Gasteiger partial charge in [0.2, 0.25) is 11.9 Å². The van der Waals surface area contributed by atoms with Crippen molar-refractivity contribution in [1.29, 1.82) is 0 Å². The molecule has 1 aromatic rings. The number of carbonyl (C=O) groups is 1. The molecule has 1 fully saturated rings. The van der Waals surface area contributed by atoms with Crippen molar-refractivity contribution >= 4 is 17.7 Å². The number of aromatic nitrogens is 2. The van der Waals surface area contributed by atoms with Crippen LogP contribution in [0.25, 0.3) is 0 Å². The van der Waals surface area contributed by atoms with Crippen LogP contribution in [0.1, 0.15) is 33.6 Å². The third-order valence-corrected chi connectivity index (χ3v) is 3.95. The van der Waals surface area contributed by atoms with Crippen molar-refractivity contribution in [3.63, 3.8) is 0 Å². The van der Waals surface area contributed by atoms with Crippen molar-refractivity contribution < 1.29 is 4.79 Å². The summed E-state index contributed by atoms with van der Waals surface area (Å²) < 4.78 is 0. The molecule has 2 rings (SSSR count). The molecule has 0 spiro atoms. The predicted molar refractivity (Wildman–Crippen MR) is 89.3 cm³/mol. The standard InChI is InChI=1S/C16H27N5O/c1-4-8-20(9-5-2)15-6-7-17-16(18-15)21-12-10-19(11-13-21)14(3)22/h6-7H,4-5,8-13H2,1-3H3. The molecule has 1 aliphatic heterocycles. The molecular formula is C16H27N5O. The number of hydrogen-bond donors (Lipinski definition) is 0. The molecule has 0 atom stereocenters. The van der Waals surface area contributed by atoms with Gasteiger partial charge in [-0.1, -0.05) is 13.8 Å². The lowest BCUT2D eigenvalue weighted by atomic mass is 10.3. The van der Waals surface area contributed by atoms with Crippen LogP contribution in [0.15, 0.2) is 12.3 Å². The molecule has 0 unspecified atom stereocenters. The fourth-order valence-electron chi connectivity index (χ4n) is 2.77. The van der Waals surface area contributed by atoms with Crippen LogP contribution >= 0.6 is 0 Å². The highest BCUT2D eigenvalue weighted by Gasteiger charge is 2.21. The molecule has 0 aliphatic carbocycles. The van der Waals surface area contributed by atoms with Crippen LogP contribution in [0.4, 0.5) is 11.8 Å². The summed E-state index contributed by atoms with van der Waals surface area (Å²) in [5.74, 6) is 1.92. The summed E-state index contributed by atoms with van der Waals surface area (Å²) in [6, 6.07) is 1.99. The third-order valence-electron chi connectivity index (χ3n) is 3.95. The largest absolute Gasteiger partial charge is 0.356 e. The van der Waals surface area contributed by atoms with E-state index in [2.05, 4.69) is 28.6 Å². The minimum atomic E-state index is 0.145. The van der Waals surface area contributed by atoms with E-state index in [1.54, 1.807) is 6.92 Å². The van der Waals surface area contributed by atoms with Crippen LogP contribution in [0.5, 0.6) is 0 Å². The number of nitrogens with zero attached hydrogens (tertiary/aromatic N) is 5. The molecule has 6 nitrogen and oxygen atoms in total. The van der Waals surface area contributed by atoms with Crippen molar-refractivity contribution in [2.24, 2.45) is 0 Å². The highest BCUT2D eigenvalue weighted by atomic mass is 16.2. The van der Waals surface area contributed by atoms with E-state index in [0.29, 0.717) is 0 Å². The summed E-state index contributed by atoms with van der Waals surface area (Å²) in [4.78, 5) is 26.9. The lowest BCUT2D eigenvalue weighted by Gasteiger charge is -2.34. The van der Waals surface area contributed by atoms with Crippen LogP contribution in [0.2, 0.25) is 0 Å². The maximum atomic E-state index is 11.4. The SMILES string of the molecule is CCCN(CCC)c1ccnc(N2CCN(C(C)=O)CC2)n1. The fraction of sp³-hybridized carbons (Fsp3) is 0.688. The lowest BCUT2D eigenvalue weighted by molar-refractivity contribution is -0.129. The van der Waals surface area contributed by atoms with E-state index in [1.807, 2.05) is 17.2 Å². The van der Waals surface area contributed by atoms with Gasteiger partial charge in [0.15, 0.2) is 0 Å². The summed E-state index contributed by atoms with van der Waals surface area (Å²) in [5.41, 5.74) is 0. The summed E-state index contributed by atoms with van der Waals surface area (Å²) in [6.07, 6.45) is 4.06. The number of hydrogen-bond acceptors (Lipinski definition) is 5. The van der Waals surface area contributed by atoms with Crippen LogP contribution in [0, 0.1) is 0 Å². The third kappa shape index (κ3) is 4.08. The van der Waals surface area contributed by atoms with Gasteiger partial charge < -0.3 is 14.7 Å². The van der Waals surface area contributed by atoms with Gasteiger partial charge >= 0.3 is 0 Å². The van der Waals surface area contributed by atoms with Gasteiger partial charge in [0.1, 0.15) is 5.82 Å². The van der Waals surface area contributed by atoms with E-state index >= 15 is 0 Å². The van der Waals surface area contributed by atoms with E-state index < -0.39 is 0 Å². The number of anilines is 2. The monoisotopic (exact) mass is 305 g/mol. The molecule has 1 amide bonds. The van der Waals surface area contributed by atoms with Crippen molar-refractivity contribution in [2.45, 2.75) is 33.6 Å². The Bertz CT molecular complexity index is 479. The Morgan fingerprint density at radius 2 is 1.82 bits per heavy atom. The Morgan fingerprint density at radius 3 is 2.36 bits per heavy atom. The predicted octanol–water partition coefficient (Wildman–Crippen LogP) is 1.77. The van der Waals surface area contributed by atoms with Crippen molar-refractivity contribution in [1.82, 2.24) is 14.9 Å². The Kier molecular flexibility index (Phi) is 5.98. The van der Waals surface area contributed by atoms with E-state index in [-0.39, 0.29) is 5.91 Å². The molecule has 1 aliphatic rings. The van der Waals surface area contributed by atoms with Crippen LogP contribution in [0.3, 0.4) is 0 Å². The van der Waals surface area contributed by atoms with Gasteiger partial charge in [-0.05, 0) is 18.9 Å². The zero-order valence-electron chi connectivity index (χ0n) is 14.0. The number of piperazine rings is 1. The van der Waals surface area contributed by atoms with Gasteiger partial charge in [0.25, 0.3) is 0 Å². The molecule has 1 saturated heterocycles. The first-order valence-electron chi connectivity index (χ1n) is 8.24. The van der Waals surface area contributed by atoms with E-state index in [9.17, 15) is 4.79 Å². The zero-order chi connectivity index (χ0) is 15.9. The zero-order valence-corrected chi connectivity index (χ0v) is 14.0. The second-order valence-electron chi connectivity index (χ2n) is 5.70. The maximum absolute atomic E-state index is 11.4. The molecule has 0 aromatic carbocycles. The topological polar surface area (TPSA) is 52.6 Å². The van der Waals surface area contributed by atoms with Crippen LogP contribution < -0.4 is 9.80 Å².